The van der Waals surface area contributed by atoms with Gasteiger partial charge in [-0.1, -0.05) is 6.07 Å². The van der Waals surface area contributed by atoms with Gasteiger partial charge in [-0.25, -0.2) is 4.98 Å². The van der Waals surface area contributed by atoms with Gasteiger partial charge in [0.1, 0.15) is 11.3 Å². The first kappa shape index (κ1) is 16.6. The van der Waals surface area contributed by atoms with E-state index < -0.39 is 0 Å². The van der Waals surface area contributed by atoms with Gasteiger partial charge in [-0.3, -0.25) is 9.20 Å². The summed E-state index contributed by atoms with van der Waals surface area (Å²) < 4.78 is 6.77. The van der Waals surface area contributed by atoms with Gasteiger partial charge >= 0.3 is 0 Å². The number of fused-ring (bicyclic) bond motifs is 1. The van der Waals surface area contributed by atoms with Crippen LogP contribution in [-0.4, -0.2) is 27.5 Å². The van der Waals surface area contributed by atoms with Gasteiger partial charge in [-0.05, 0) is 55.3 Å². The molecule has 1 aromatic carbocycles. The minimum Gasteiger partial charge on any atom is -0.504 e. The number of aromatic nitrogens is 2. The molecular formula is C19H19N3O3. The molecule has 25 heavy (non-hydrogen) atoms. The van der Waals surface area contributed by atoms with Gasteiger partial charge < -0.3 is 15.2 Å². The number of nitrogens with one attached hydrogen (secondary N) is 1. The highest BCUT2D eigenvalue weighted by Crippen LogP contribution is 2.26. The third-order valence-corrected chi connectivity index (χ3v) is 3.86. The van der Waals surface area contributed by atoms with Crippen molar-refractivity contribution in [1.29, 1.82) is 0 Å². The predicted molar refractivity (Wildman–Crippen MR) is 95.8 cm³/mol. The number of hydrogen-bond donors (Lipinski definition) is 2. The lowest BCUT2D eigenvalue weighted by Gasteiger charge is -2.04. The molecular weight excluding hydrogens is 318 g/mol. The molecule has 2 heterocycles. The van der Waals surface area contributed by atoms with Crippen LogP contribution in [0.5, 0.6) is 11.5 Å². The van der Waals surface area contributed by atoms with Crippen molar-refractivity contribution < 1.29 is 14.6 Å². The number of aromatic hydroxyl groups is 1. The SMILES string of the molecule is COc1ccc(/C=C/NC(=O)c2c(C)nc3cc(C)ccn23)cc1O. The summed E-state index contributed by atoms with van der Waals surface area (Å²) in [7, 11) is 1.49. The highest BCUT2D eigenvalue weighted by Gasteiger charge is 2.15. The first-order valence-corrected chi connectivity index (χ1v) is 7.79. The Hall–Kier alpha value is -3.28. The Kier molecular flexibility index (Phi) is 4.43. The second kappa shape index (κ2) is 6.68. The Labute approximate surface area is 145 Å². The summed E-state index contributed by atoms with van der Waals surface area (Å²) in [6, 6.07) is 8.86. The molecule has 0 radical (unpaired) electrons. The van der Waals surface area contributed by atoms with Crippen molar-refractivity contribution in [2.75, 3.05) is 7.11 Å². The monoisotopic (exact) mass is 337 g/mol. The predicted octanol–water partition coefficient (Wildman–Crippen LogP) is 3.07. The number of rotatable bonds is 4. The molecule has 0 saturated heterocycles. The fourth-order valence-electron chi connectivity index (χ4n) is 2.63. The zero-order valence-electron chi connectivity index (χ0n) is 14.3. The van der Waals surface area contributed by atoms with Gasteiger partial charge in [0, 0.05) is 12.4 Å². The lowest BCUT2D eigenvalue weighted by atomic mass is 10.2. The van der Waals surface area contributed by atoms with E-state index in [9.17, 15) is 9.90 Å². The summed E-state index contributed by atoms with van der Waals surface area (Å²) in [5.74, 6) is 0.199. The van der Waals surface area contributed by atoms with Gasteiger partial charge in [0.2, 0.25) is 0 Å². The second-order valence-electron chi connectivity index (χ2n) is 5.72. The quantitative estimate of drug-likeness (QED) is 0.767. The van der Waals surface area contributed by atoms with Crippen LogP contribution in [0.4, 0.5) is 0 Å². The molecule has 0 bridgehead atoms. The molecule has 128 valence electrons. The number of pyridine rings is 1. The van der Waals surface area contributed by atoms with Gasteiger partial charge in [0.15, 0.2) is 11.5 Å². The third kappa shape index (κ3) is 3.33. The number of aryl methyl sites for hydroxylation is 2. The number of amides is 1. The molecule has 2 N–H and O–H groups in total. The van der Waals surface area contributed by atoms with Crippen molar-refractivity contribution in [2.24, 2.45) is 0 Å². The number of methoxy groups -OCH3 is 1. The number of carbonyl (C=O) groups is 1. The Morgan fingerprint density at radius 2 is 2.08 bits per heavy atom. The minimum atomic E-state index is -0.247. The van der Waals surface area contributed by atoms with E-state index in [-0.39, 0.29) is 11.7 Å². The van der Waals surface area contributed by atoms with Crippen molar-refractivity contribution in [2.45, 2.75) is 13.8 Å². The topological polar surface area (TPSA) is 75.9 Å². The molecule has 0 saturated carbocycles. The van der Waals surface area contributed by atoms with Crippen LogP contribution in [0.3, 0.4) is 0 Å². The van der Waals surface area contributed by atoms with E-state index in [0.29, 0.717) is 17.1 Å². The molecule has 6 nitrogen and oxygen atoms in total. The summed E-state index contributed by atoms with van der Waals surface area (Å²) in [4.78, 5) is 16.9. The van der Waals surface area contributed by atoms with E-state index in [1.807, 2.05) is 32.2 Å². The van der Waals surface area contributed by atoms with E-state index >= 15 is 0 Å². The molecule has 0 aliphatic carbocycles. The first-order valence-electron chi connectivity index (χ1n) is 7.79. The van der Waals surface area contributed by atoms with Gasteiger partial charge in [-0.2, -0.15) is 0 Å². The maximum absolute atomic E-state index is 12.5. The maximum atomic E-state index is 12.5. The summed E-state index contributed by atoms with van der Waals surface area (Å²) in [6.45, 7) is 3.79. The lowest BCUT2D eigenvalue weighted by Crippen LogP contribution is -2.20. The highest BCUT2D eigenvalue weighted by molar-refractivity contribution is 5.95. The Morgan fingerprint density at radius 3 is 2.80 bits per heavy atom. The molecule has 0 aliphatic rings. The van der Waals surface area contributed by atoms with Crippen LogP contribution in [0.1, 0.15) is 27.3 Å². The first-order chi connectivity index (χ1) is 12.0. The second-order valence-corrected chi connectivity index (χ2v) is 5.72. The fraction of sp³-hybridized carbons (Fsp3) is 0.158. The zero-order valence-corrected chi connectivity index (χ0v) is 14.3. The number of phenols is 1. The summed E-state index contributed by atoms with van der Waals surface area (Å²) >= 11 is 0. The molecule has 0 atom stereocenters. The lowest BCUT2D eigenvalue weighted by molar-refractivity contribution is 0.0964. The molecule has 1 amide bonds. The van der Waals surface area contributed by atoms with Crippen LogP contribution in [0.2, 0.25) is 0 Å². The fourth-order valence-corrected chi connectivity index (χ4v) is 2.63. The maximum Gasteiger partial charge on any atom is 0.274 e. The number of nitrogens with zero attached hydrogens (tertiary/aromatic N) is 2. The third-order valence-electron chi connectivity index (χ3n) is 3.86. The van der Waals surface area contributed by atoms with Crippen molar-refractivity contribution in [3.63, 3.8) is 0 Å². The van der Waals surface area contributed by atoms with Crippen molar-refractivity contribution in [1.82, 2.24) is 14.7 Å². The molecule has 0 spiro atoms. The average Bonchev–Trinajstić information content (AvgIpc) is 2.89. The summed E-state index contributed by atoms with van der Waals surface area (Å²) in [5, 5.41) is 12.5. The zero-order chi connectivity index (χ0) is 18.0. The van der Waals surface area contributed by atoms with Crippen LogP contribution >= 0.6 is 0 Å². The molecule has 0 aliphatic heterocycles. The number of phenolic OH excluding ortho intramolecular Hbond substituents is 1. The summed E-state index contributed by atoms with van der Waals surface area (Å²) in [6.07, 6.45) is 5.07. The van der Waals surface area contributed by atoms with Crippen LogP contribution in [0.25, 0.3) is 11.7 Å². The molecule has 0 fully saturated rings. The molecule has 6 heteroatoms. The van der Waals surface area contributed by atoms with E-state index in [0.717, 1.165) is 16.8 Å². The van der Waals surface area contributed by atoms with E-state index in [1.165, 1.54) is 13.3 Å². The van der Waals surface area contributed by atoms with Crippen LogP contribution < -0.4 is 10.1 Å². The van der Waals surface area contributed by atoms with Crippen LogP contribution in [0.15, 0.2) is 42.7 Å². The van der Waals surface area contributed by atoms with Gasteiger partial charge in [-0.15, -0.1) is 0 Å². The Bertz CT molecular complexity index is 973. The number of carbonyl (C=O) groups excluding carboxylic acids is 1. The standard InChI is InChI=1S/C19H19N3O3/c1-12-7-9-22-17(10-12)21-13(2)18(22)19(24)20-8-6-14-4-5-16(25-3)15(23)11-14/h4-11,23H,1-3H3,(H,20,24)/b8-6+. The highest BCUT2D eigenvalue weighted by atomic mass is 16.5. The number of imidazole rings is 1. The molecule has 3 rings (SSSR count). The number of ether oxygens (including phenoxy) is 1. The minimum absolute atomic E-state index is 0.0453. The smallest absolute Gasteiger partial charge is 0.274 e. The summed E-state index contributed by atoms with van der Waals surface area (Å²) in [5.41, 5.74) is 3.73. The molecule has 2 aromatic heterocycles. The largest absolute Gasteiger partial charge is 0.504 e. The van der Waals surface area contributed by atoms with Crippen molar-refractivity contribution in [3.8, 4) is 11.5 Å². The van der Waals surface area contributed by atoms with Crippen molar-refractivity contribution in [3.05, 3.63) is 65.2 Å². The van der Waals surface area contributed by atoms with E-state index in [4.69, 9.17) is 4.74 Å². The van der Waals surface area contributed by atoms with Crippen LogP contribution in [0, 0.1) is 13.8 Å². The Balaban J connectivity index is 1.79. The van der Waals surface area contributed by atoms with E-state index in [1.54, 1.807) is 28.7 Å². The van der Waals surface area contributed by atoms with E-state index in [2.05, 4.69) is 10.3 Å². The Morgan fingerprint density at radius 1 is 1.28 bits per heavy atom. The molecule has 0 unspecified atom stereocenters. The molecule has 3 aromatic rings. The van der Waals surface area contributed by atoms with Crippen molar-refractivity contribution >= 4 is 17.6 Å². The number of hydrogen-bond acceptors (Lipinski definition) is 4. The number of benzene rings is 1. The van der Waals surface area contributed by atoms with Gasteiger partial charge in [0.05, 0.1) is 12.8 Å². The average molecular weight is 337 g/mol. The normalized spacial score (nSPS) is 11.2. The van der Waals surface area contributed by atoms with Crippen LogP contribution in [-0.2, 0) is 0 Å². The van der Waals surface area contributed by atoms with Gasteiger partial charge in [0.25, 0.3) is 5.91 Å².